The van der Waals surface area contributed by atoms with Crippen molar-refractivity contribution in [3.63, 3.8) is 0 Å². The number of methoxy groups -OCH3 is 1. The molecule has 19 heavy (non-hydrogen) atoms. The van der Waals surface area contributed by atoms with Crippen LogP contribution in [-0.4, -0.2) is 23.9 Å². The molecule has 0 fully saturated rings. The largest absolute Gasteiger partial charge is 0.385 e. The van der Waals surface area contributed by atoms with Crippen LogP contribution in [0, 0.1) is 5.82 Å². The van der Waals surface area contributed by atoms with Crippen LogP contribution in [0.3, 0.4) is 0 Å². The van der Waals surface area contributed by atoms with E-state index < -0.39 is 0 Å². The van der Waals surface area contributed by atoms with E-state index in [1.807, 2.05) is 0 Å². The van der Waals surface area contributed by atoms with Gasteiger partial charge in [-0.15, -0.1) is 0 Å². The van der Waals surface area contributed by atoms with Crippen molar-refractivity contribution < 1.29 is 13.7 Å². The van der Waals surface area contributed by atoms with Gasteiger partial charge in [-0.1, -0.05) is 17.3 Å². The average molecular weight is 265 g/mol. The van der Waals surface area contributed by atoms with E-state index in [-0.39, 0.29) is 11.9 Å². The van der Waals surface area contributed by atoms with Crippen LogP contribution in [0.25, 0.3) is 11.4 Å². The lowest BCUT2D eigenvalue weighted by atomic mass is 10.1. The van der Waals surface area contributed by atoms with Gasteiger partial charge in [0.15, 0.2) is 0 Å². The summed E-state index contributed by atoms with van der Waals surface area (Å²) in [6, 6.07) is 5.70. The molecule has 1 aromatic heterocycles. The molecule has 0 spiro atoms. The van der Waals surface area contributed by atoms with Crippen LogP contribution in [-0.2, 0) is 4.74 Å². The Bertz CT molecular complexity index is 530. The number of rotatable bonds is 6. The van der Waals surface area contributed by atoms with Crippen molar-refractivity contribution in [3.8, 4) is 11.4 Å². The molecule has 0 aliphatic rings. The molecule has 0 amide bonds. The molecule has 1 atom stereocenters. The zero-order chi connectivity index (χ0) is 13.7. The monoisotopic (exact) mass is 265 g/mol. The van der Waals surface area contributed by atoms with Crippen LogP contribution < -0.4 is 5.73 Å². The second-order valence-electron chi connectivity index (χ2n) is 4.21. The molecule has 0 aliphatic carbocycles. The lowest BCUT2D eigenvalue weighted by molar-refractivity contribution is 0.188. The highest BCUT2D eigenvalue weighted by Crippen LogP contribution is 2.20. The zero-order valence-corrected chi connectivity index (χ0v) is 10.7. The van der Waals surface area contributed by atoms with Gasteiger partial charge in [0.1, 0.15) is 5.82 Å². The Kier molecular flexibility index (Phi) is 4.59. The average Bonchev–Trinajstić information content (AvgIpc) is 2.88. The fourth-order valence-electron chi connectivity index (χ4n) is 1.70. The maximum atomic E-state index is 13.1. The normalized spacial score (nSPS) is 12.6. The van der Waals surface area contributed by atoms with Crippen molar-refractivity contribution >= 4 is 0 Å². The lowest BCUT2D eigenvalue weighted by Crippen LogP contribution is -2.11. The number of ether oxygens (including phenoxy) is 1. The molecule has 2 N–H and O–H groups in total. The minimum absolute atomic E-state index is 0.329. The molecule has 2 rings (SSSR count). The van der Waals surface area contributed by atoms with Gasteiger partial charge in [0.25, 0.3) is 0 Å². The third-order valence-electron chi connectivity index (χ3n) is 2.71. The number of hydrogen-bond acceptors (Lipinski definition) is 5. The summed E-state index contributed by atoms with van der Waals surface area (Å²) in [6.45, 7) is 0.637. The summed E-state index contributed by atoms with van der Waals surface area (Å²) >= 11 is 0. The number of halogens is 1. The highest BCUT2D eigenvalue weighted by Gasteiger charge is 2.15. The molecule has 0 saturated carbocycles. The molecule has 0 radical (unpaired) electrons. The Hall–Kier alpha value is -1.79. The second-order valence-corrected chi connectivity index (χ2v) is 4.21. The predicted molar refractivity (Wildman–Crippen MR) is 67.7 cm³/mol. The molecular formula is C13H16FN3O2. The van der Waals surface area contributed by atoms with Gasteiger partial charge in [-0.25, -0.2) is 4.39 Å². The molecule has 1 unspecified atom stereocenters. The number of nitrogens with two attached hydrogens (primary N) is 1. The van der Waals surface area contributed by atoms with Crippen molar-refractivity contribution in [1.82, 2.24) is 10.1 Å². The maximum absolute atomic E-state index is 13.1. The van der Waals surface area contributed by atoms with Crippen molar-refractivity contribution in [3.05, 3.63) is 36.0 Å². The summed E-state index contributed by atoms with van der Waals surface area (Å²) < 4.78 is 23.2. The van der Waals surface area contributed by atoms with Crippen LogP contribution in [0.2, 0.25) is 0 Å². The van der Waals surface area contributed by atoms with E-state index in [1.54, 1.807) is 19.2 Å². The summed E-state index contributed by atoms with van der Waals surface area (Å²) in [7, 11) is 1.64. The number of aromatic nitrogens is 2. The van der Waals surface area contributed by atoms with Gasteiger partial charge >= 0.3 is 0 Å². The van der Waals surface area contributed by atoms with Crippen molar-refractivity contribution in [2.24, 2.45) is 5.73 Å². The van der Waals surface area contributed by atoms with E-state index >= 15 is 0 Å². The summed E-state index contributed by atoms with van der Waals surface area (Å²) in [4.78, 5) is 4.19. The van der Waals surface area contributed by atoms with E-state index in [0.29, 0.717) is 30.3 Å². The molecule has 1 heterocycles. The van der Waals surface area contributed by atoms with E-state index in [0.717, 1.165) is 6.42 Å². The van der Waals surface area contributed by atoms with Crippen LogP contribution in [0.1, 0.15) is 24.8 Å². The quantitative estimate of drug-likeness (QED) is 0.811. The van der Waals surface area contributed by atoms with Gasteiger partial charge in [-0.05, 0) is 25.0 Å². The first kappa shape index (κ1) is 13.6. The molecule has 0 saturated heterocycles. The van der Waals surface area contributed by atoms with Gasteiger partial charge < -0.3 is 15.0 Å². The Labute approximate surface area is 110 Å². The van der Waals surface area contributed by atoms with Gasteiger partial charge in [0.05, 0.1) is 6.04 Å². The molecular weight excluding hydrogens is 249 g/mol. The van der Waals surface area contributed by atoms with Gasteiger partial charge in [0.2, 0.25) is 11.7 Å². The third kappa shape index (κ3) is 3.59. The molecule has 0 aliphatic heterocycles. The molecule has 6 heteroatoms. The van der Waals surface area contributed by atoms with Gasteiger partial charge in [0, 0.05) is 19.3 Å². The minimum Gasteiger partial charge on any atom is -0.385 e. The Morgan fingerprint density at radius 2 is 2.32 bits per heavy atom. The lowest BCUT2D eigenvalue weighted by Gasteiger charge is -2.04. The molecule has 102 valence electrons. The summed E-state index contributed by atoms with van der Waals surface area (Å²) in [5, 5.41) is 3.81. The molecule has 1 aromatic carbocycles. The third-order valence-corrected chi connectivity index (χ3v) is 2.71. The van der Waals surface area contributed by atoms with E-state index in [1.165, 1.54) is 12.1 Å². The van der Waals surface area contributed by atoms with Crippen molar-refractivity contribution in [2.45, 2.75) is 18.9 Å². The fraction of sp³-hybridized carbons (Fsp3) is 0.385. The zero-order valence-electron chi connectivity index (χ0n) is 10.7. The number of nitrogens with zero attached hydrogens (tertiary/aromatic N) is 2. The van der Waals surface area contributed by atoms with Gasteiger partial charge in [-0.2, -0.15) is 4.98 Å². The molecule has 2 aromatic rings. The van der Waals surface area contributed by atoms with Crippen LogP contribution >= 0.6 is 0 Å². The number of benzene rings is 1. The highest BCUT2D eigenvalue weighted by molar-refractivity contribution is 5.53. The van der Waals surface area contributed by atoms with Crippen LogP contribution in [0.5, 0.6) is 0 Å². The minimum atomic E-state index is -0.340. The predicted octanol–water partition coefficient (Wildman–Crippen LogP) is 2.30. The van der Waals surface area contributed by atoms with Gasteiger partial charge in [-0.3, -0.25) is 0 Å². The Morgan fingerprint density at radius 3 is 3.05 bits per heavy atom. The van der Waals surface area contributed by atoms with Crippen molar-refractivity contribution in [1.29, 1.82) is 0 Å². The van der Waals surface area contributed by atoms with Crippen molar-refractivity contribution in [2.75, 3.05) is 13.7 Å². The van der Waals surface area contributed by atoms with E-state index in [2.05, 4.69) is 10.1 Å². The standard InChI is InChI=1S/C13H16FN3O2/c1-18-7-3-6-11(15)13-16-12(17-19-13)9-4-2-5-10(14)8-9/h2,4-5,8,11H,3,6-7,15H2,1H3. The highest BCUT2D eigenvalue weighted by atomic mass is 19.1. The van der Waals surface area contributed by atoms with E-state index in [4.69, 9.17) is 15.0 Å². The summed E-state index contributed by atoms with van der Waals surface area (Å²) in [6.07, 6.45) is 1.51. The van der Waals surface area contributed by atoms with Crippen LogP contribution in [0.4, 0.5) is 4.39 Å². The topological polar surface area (TPSA) is 74.2 Å². The Balaban J connectivity index is 2.06. The summed E-state index contributed by atoms with van der Waals surface area (Å²) in [5.74, 6) is 0.361. The Morgan fingerprint density at radius 1 is 1.47 bits per heavy atom. The second kappa shape index (κ2) is 6.40. The first-order valence-corrected chi connectivity index (χ1v) is 6.05. The SMILES string of the molecule is COCCCC(N)c1nc(-c2cccc(F)c2)no1. The maximum Gasteiger partial charge on any atom is 0.243 e. The smallest absolute Gasteiger partial charge is 0.243 e. The first-order valence-electron chi connectivity index (χ1n) is 6.05. The van der Waals surface area contributed by atoms with Crippen LogP contribution in [0.15, 0.2) is 28.8 Å². The molecule has 5 nitrogen and oxygen atoms in total. The first-order chi connectivity index (χ1) is 9.20. The number of hydrogen-bond donors (Lipinski definition) is 1. The summed E-state index contributed by atoms with van der Waals surface area (Å²) in [5.41, 5.74) is 6.50. The fourth-order valence-corrected chi connectivity index (χ4v) is 1.70. The molecule has 0 bridgehead atoms. The van der Waals surface area contributed by atoms with E-state index in [9.17, 15) is 4.39 Å².